The summed E-state index contributed by atoms with van der Waals surface area (Å²) in [5, 5.41) is 7.08. The molecule has 2 rings (SSSR count). The minimum absolute atomic E-state index is 0.401. The molecule has 5 heteroatoms. The predicted molar refractivity (Wildman–Crippen MR) is 102 cm³/mol. The first-order chi connectivity index (χ1) is 11.8. The molecule has 0 aromatic heterocycles. The van der Waals surface area contributed by atoms with E-state index in [2.05, 4.69) is 20.5 Å². The first kappa shape index (κ1) is 19.5. The van der Waals surface area contributed by atoms with Gasteiger partial charge in [-0.3, -0.25) is 4.99 Å². The Balaban J connectivity index is 1.69. The zero-order valence-electron chi connectivity index (χ0n) is 15.9. The number of guanidine groups is 1. The van der Waals surface area contributed by atoms with Crippen molar-refractivity contribution in [2.45, 2.75) is 57.8 Å². The van der Waals surface area contributed by atoms with E-state index < -0.39 is 0 Å². The second kappa shape index (κ2) is 10.9. The lowest BCUT2D eigenvalue weighted by molar-refractivity contribution is 0.138. The van der Waals surface area contributed by atoms with Crippen molar-refractivity contribution in [2.24, 2.45) is 10.4 Å². The molecule has 1 heterocycles. The summed E-state index contributed by atoms with van der Waals surface area (Å²) in [6.45, 7) is 6.49. The van der Waals surface area contributed by atoms with Crippen molar-refractivity contribution in [3.8, 4) is 0 Å². The van der Waals surface area contributed by atoms with E-state index in [-0.39, 0.29) is 0 Å². The zero-order valence-corrected chi connectivity index (χ0v) is 15.9. The molecular formula is C19H38N4O. The van der Waals surface area contributed by atoms with Gasteiger partial charge in [-0.15, -0.1) is 0 Å². The van der Waals surface area contributed by atoms with E-state index in [1.807, 2.05) is 7.05 Å². The largest absolute Gasteiger partial charge is 0.385 e. The van der Waals surface area contributed by atoms with Crippen LogP contribution in [0.1, 0.15) is 57.8 Å². The molecule has 0 atom stereocenters. The third-order valence-corrected chi connectivity index (χ3v) is 5.77. The second-order valence-electron chi connectivity index (χ2n) is 7.56. The summed E-state index contributed by atoms with van der Waals surface area (Å²) in [5.41, 5.74) is 0.401. The number of likely N-dealkylation sites (tertiary alicyclic amines) is 1. The molecule has 24 heavy (non-hydrogen) atoms. The van der Waals surface area contributed by atoms with Crippen LogP contribution >= 0.6 is 0 Å². The highest BCUT2D eigenvalue weighted by atomic mass is 16.5. The van der Waals surface area contributed by atoms with Crippen LogP contribution in [0.25, 0.3) is 0 Å². The normalized spacial score (nSPS) is 22.3. The molecule has 1 aliphatic heterocycles. The highest BCUT2D eigenvalue weighted by Gasteiger charge is 2.33. The molecule has 0 bridgehead atoms. The minimum atomic E-state index is 0.401. The number of methoxy groups -OCH3 is 1. The molecule has 2 aliphatic rings. The minimum Gasteiger partial charge on any atom is -0.385 e. The molecule has 5 nitrogen and oxygen atoms in total. The van der Waals surface area contributed by atoms with Gasteiger partial charge in [0.05, 0.1) is 0 Å². The molecule has 0 radical (unpaired) electrons. The molecule has 0 spiro atoms. The Labute approximate surface area is 148 Å². The van der Waals surface area contributed by atoms with Crippen molar-refractivity contribution in [3.63, 3.8) is 0 Å². The fourth-order valence-corrected chi connectivity index (χ4v) is 4.14. The number of ether oxygens (including phenoxy) is 1. The highest BCUT2D eigenvalue weighted by molar-refractivity contribution is 5.79. The van der Waals surface area contributed by atoms with Crippen LogP contribution in [0.15, 0.2) is 4.99 Å². The van der Waals surface area contributed by atoms with Crippen molar-refractivity contribution < 1.29 is 4.74 Å². The van der Waals surface area contributed by atoms with E-state index in [1.54, 1.807) is 7.11 Å². The third kappa shape index (κ3) is 6.60. The summed E-state index contributed by atoms with van der Waals surface area (Å²) < 4.78 is 5.33. The SMILES string of the molecule is CN=C(NCCN1CCCCCC1)NCC1(CCOC)CCCC1. The van der Waals surface area contributed by atoms with E-state index in [9.17, 15) is 0 Å². The summed E-state index contributed by atoms with van der Waals surface area (Å²) in [6, 6.07) is 0. The highest BCUT2D eigenvalue weighted by Crippen LogP contribution is 2.40. The second-order valence-corrected chi connectivity index (χ2v) is 7.56. The Morgan fingerprint density at radius 2 is 1.75 bits per heavy atom. The quantitative estimate of drug-likeness (QED) is 0.528. The van der Waals surface area contributed by atoms with E-state index in [0.29, 0.717) is 5.41 Å². The molecule has 1 saturated heterocycles. The Morgan fingerprint density at radius 3 is 2.38 bits per heavy atom. The van der Waals surface area contributed by atoms with E-state index in [4.69, 9.17) is 4.74 Å². The first-order valence-electron chi connectivity index (χ1n) is 9.94. The van der Waals surface area contributed by atoms with Crippen LogP contribution in [-0.4, -0.2) is 64.3 Å². The van der Waals surface area contributed by atoms with Gasteiger partial charge in [0.15, 0.2) is 5.96 Å². The van der Waals surface area contributed by atoms with Crippen LogP contribution in [0, 0.1) is 5.41 Å². The topological polar surface area (TPSA) is 48.9 Å². The molecular weight excluding hydrogens is 300 g/mol. The molecule has 0 aromatic rings. The maximum absolute atomic E-state index is 5.33. The van der Waals surface area contributed by atoms with Crippen molar-refractivity contribution in [2.75, 3.05) is 53.5 Å². The van der Waals surface area contributed by atoms with Crippen LogP contribution in [0.2, 0.25) is 0 Å². The fourth-order valence-electron chi connectivity index (χ4n) is 4.14. The van der Waals surface area contributed by atoms with Gasteiger partial charge in [0.1, 0.15) is 0 Å². The van der Waals surface area contributed by atoms with Gasteiger partial charge < -0.3 is 20.3 Å². The van der Waals surface area contributed by atoms with Crippen molar-refractivity contribution in [1.29, 1.82) is 0 Å². The Hall–Kier alpha value is -0.810. The molecule has 0 unspecified atom stereocenters. The Kier molecular flexibility index (Phi) is 8.89. The van der Waals surface area contributed by atoms with Crippen LogP contribution < -0.4 is 10.6 Å². The summed E-state index contributed by atoms with van der Waals surface area (Å²) in [4.78, 5) is 6.99. The monoisotopic (exact) mass is 338 g/mol. The summed E-state index contributed by atoms with van der Waals surface area (Å²) in [7, 11) is 3.68. The summed E-state index contributed by atoms with van der Waals surface area (Å²) in [6.07, 6.45) is 12.0. The van der Waals surface area contributed by atoms with Gasteiger partial charge in [-0.2, -0.15) is 0 Å². The number of aliphatic imine (C=N–C) groups is 1. The predicted octanol–water partition coefficient (Wildman–Crippen LogP) is 2.62. The van der Waals surface area contributed by atoms with Gasteiger partial charge in [-0.1, -0.05) is 25.7 Å². The number of rotatable bonds is 8. The molecule has 140 valence electrons. The standard InChI is InChI=1S/C19H38N4O/c1-20-18(21-12-15-23-13-7-3-4-8-14-23)22-17-19(11-16-24-2)9-5-6-10-19/h3-17H2,1-2H3,(H2,20,21,22). The molecule has 2 fully saturated rings. The van der Waals surface area contributed by atoms with E-state index in [0.717, 1.165) is 38.6 Å². The van der Waals surface area contributed by atoms with Crippen molar-refractivity contribution >= 4 is 5.96 Å². The van der Waals surface area contributed by atoms with Gasteiger partial charge in [0.2, 0.25) is 0 Å². The number of hydrogen-bond acceptors (Lipinski definition) is 3. The lowest BCUT2D eigenvalue weighted by Gasteiger charge is -2.30. The fraction of sp³-hybridized carbons (Fsp3) is 0.947. The van der Waals surface area contributed by atoms with Crippen molar-refractivity contribution in [1.82, 2.24) is 15.5 Å². The molecule has 0 aromatic carbocycles. The Morgan fingerprint density at radius 1 is 1.04 bits per heavy atom. The van der Waals surface area contributed by atoms with Crippen LogP contribution in [0.5, 0.6) is 0 Å². The van der Waals surface area contributed by atoms with Crippen LogP contribution in [0.4, 0.5) is 0 Å². The number of hydrogen-bond donors (Lipinski definition) is 2. The van der Waals surface area contributed by atoms with Crippen LogP contribution in [-0.2, 0) is 4.74 Å². The average molecular weight is 339 g/mol. The smallest absolute Gasteiger partial charge is 0.191 e. The molecule has 0 amide bonds. The number of nitrogens with zero attached hydrogens (tertiary/aromatic N) is 2. The van der Waals surface area contributed by atoms with Gasteiger partial charge in [0.25, 0.3) is 0 Å². The van der Waals surface area contributed by atoms with Gasteiger partial charge in [-0.25, -0.2) is 0 Å². The van der Waals surface area contributed by atoms with Gasteiger partial charge >= 0.3 is 0 Å². The lowest BCUT2D eigenvalue weighted by Crippen LogP contribution is -2.45. The van der Waals surface area contributed by atoms with Crippen LogP contribution in [0.3, 0.4) is 0 Å². The average Bonchev–Trinajstić information content (AvgIpc) is 2.92. The molecule has 1 saturated carbocycles. The first-order valence-corrected chi connectivity index (χ1v) is 9.94. The third-order valence-electron chi connectivity index (χ3n) is 5.77. The van der Waals surface area contributed by atoms with E-state index in [1.165, 1.54) is 64.5 Å². The zero-order chi connectivity index (χ0) is 17.1. The molecule has 1 aliphatic carbocycles. The van der Waals surface area contributed by atoms with Gasteiger partial charge in [-0.05, 0) is 50.6 Å². The lowest BCUT2D eigenvalue weighted by atomic mass is 9.83. The maximum atomic E-state index is 5.33. The Bertz CT molecular complexity index is 358. The molecule has 2 N–H and O–H groups in total. The number of nitrogens with one attached hydrogen (secondary N) is 2. The summed E-state index contributed by atoms with van der Waals surface area (Å²) >= 11 is 0. The summed E-state index contributed by atoms with van der Waals surface area (Å²) in [5.74, 6) is 0.952. The van der Waals surface area contributed by atoms with E-state index >= 15 is 0 Å². The maximum Gasteiger partial charge on any atom is 0.191 e. The van der Waals surface area contributed by atoms with Crippen molar-refractivity contribution in [3.05, 3.63) is 0 Å². The van der Waals surface area contributed by atoms with Gasteiger partial charge in [0, 0.05) is 40.4 Å².